The molecule has 178 valence electrons. The molecule has 1 fully saturated rings. The average Bonchev–Trinajstić information content (AvgIpc) is 3.09. The topological polar surface area (TPSA) is 80.8 Å². The van der Waals surface area contributed by atoms with Gasteiger partial charge in [0, 0.05) is 31.2 Å². The summed E-state index contributed by atoms with van der Waals surface area (Å²) in [4.78, 5) is 32.6. The van der Waals surface area contributed by atoms with Gasteiger partial charge in [-0.2, -0.15) is 0 Å². The third-order valence-corrected chi connectivity index (χ3v) is 6.48. The van der Waals surface area contributed by atoms with Crippen LogP contribution in [0.2, 0.25) is 0 Å². The Morgan fingerprint density at radius 2 is 1.97 bits per heavy atom. The van der Waals surface area contributed by atoms with Gasteiger partial charge in [-0.15, -0.1) is 0 Å². The molecule has 2 aliphatic rings. The molecule has 3 rings (SSSR count). The molecule has 0 saturated heterocycles. The van der Waals surface area contributed by atoms with Gasteiger partial charge in [-0.25, -0.2) is 4.79 Å². The summed E-state index contributed by atoms with van der Waals surface area (Å²) < 4.78 is 11.2. The predicted molar refractivity (Wildman–Crippen MR) is 123 cm³/mol. The van der Waals surface area contributed by atoms with Crippen molar-refractivity contribution in [1.82, 2.24) is 15.2 Å². The zero-order valence-corrected chi connectivity index (χ0v) is 20.7. The van der Waals surface area contributed by atoms with E-state index >= 15 is 0 Å². The fourth-order valence-electron chi connectivity index (χ4n) is 4.87. The van der Waals surface area contributed by atoms with E-state index in [-0.39, 0.29) is 24.0 Å². The maximum atomic E-state index is 13.8. The van der Waals surface area contributed by atoms with Gasteiger partial charge in [-0.3, -0.25) is 9.78 Å². The van der Waals surface area contributed by atoms with Gasteiger partial charge < -0.3 is 19.7 Å². The van der Waals surface area contributed by atoms with Crippen LogP contribution >= 0.6 is 0 Å². The lowest BCUT2D eigenvalue weighted by molar-refractivity contribution is -0.145. The molecular formula is C25H39N3O4. The SMILES string of the molecule is CC(C)Oc1cnc2c(c1)CN(C(=O)[C@@]1(C(C)C)CC[C@@H](NC(=O)OC(C)(C)C)C1)CC2. The Labute approximate surface area is 192 Å². The smallest absolute Gasteiger partial charge is 0.407 e. The fourth-order valence-corrected chi connectivity index (χ4v) is 4.87. The first-order valence-corrected chi connectivity index (χ1v) is 11.8. The zero-order chi connectivity index (χ0) is 23.7. The Kier molecular flexibility index (Phi) is 7.06. The number of ether oxygens (including phenoxy) is 2. The molecule has 1 saturated carbocycles. The highest BCUT2D eigenvalue weighted by atomic mass is 16.6. The van der Waals surface area contributed by atoms with E-state index in [9.17, 15) is 9.59 Å². The van der Waals surface area contributed by atoms with E-state index in [1.165, 1.54) is 0 Å². The molecular weight excluding hydrogens is 406 g/mol. The number of aromatic nitrogens is 1. The van der Waals surface area contributed by atoms with Crippen molar-refractivity contribution >= 4 is 12.0 Å². The number of pyridine rings is 1. The van der Waals surface area contributed by atoms with E-state index in [1.54, 1.807) is 6.20 Å². The molecule has 0 radical (unpaired) electrons. The molecule has 1 aliphatic heterocycles. The van der Waals surface area contributed by atoms with Gasteiger partial charge in [0.2, 0.25) is 5.91 Å². The number of nitrogens with one attached hydrogen (secondary N) is 1. The Balaban J connectivity index is 1.71. The van der Waals surface area contributed by atoms with Crippen molar-refractivity contribution in [3.63, 3.8) is 0 Å². The van der Waals surface area contributed by atoms with Gasteiger partial charge in [0.15, 0.2) is 0 Å². The summed E-state index contributed by atoms with van der Waals surface area (Å²) in [6.07, 6.45) is 4.37. The largest absolute Gasteiger partial charge is 0.489 e. The van der Waals surface area contributed by atoms with Crippen LogP contribution in [-0.4, -0.2) is 46.2 Å². The Hall–Kier alpha value is -2.31. The number of fused-ring (bicyclic) bond motifs is 1. The lowest BCUT2D eigenvalue weighted by atomic mass is 9.74. The van der Waals surface area contributed by atoms with Crippen molar-refractivity contribution < 1.29 is 19.1 Å². The third-order valence-electron chi connectivity index (χ3n) is 6.48. The van der Waals surface area contributed by atoms with Gasteiger partial charge >= 0.3 is 6.09 Å². The number of alkyl carbamates (subject to hydrolysis) is 1. The van der Waals surface area contributed by atoms with Crippen molar-refractivity contribution in [2.45, 2.75) is 98.4 Å². The summed E-state index contributed by atoms with van der Waals surface area (Å²) in [6, 6.07) is 1.96. The monoisotopic (exact) mass is 445 g/mol. The number of carbonyl (C=O) groups excluding carboxylic acids is 2. The van der Waals surface area contributed by atoms with E-state index in [2.05, 4.69) is 24.1 Å². The van der Waals surface area contributed by atoms with Gasteiger partial charge in [0.25, 0.3) is 0 Å². The fraction of sp³-hybridized carbons (Fsp3) is 0.720. The van der Waals surface area contributed by atoms with Crippen LogP contribution < -0.4 is 10.1 Å². The lowest BCUT2D eigenvalue weighted by Crippen LogP contribution is -2.48. The number of hydrogen-bond donors (Lipinski definition) is 1. The van der Waals surface area contributed by atoms with E-state index < -0.39 is 17.1 Å². The second kappa shape index (κ2) is 9.28. The quantitative estimate of drug-likeness (QED) is 0.723. The summed E-state index contributed by atoms with van der Waals surface area (Å²) in [5, 5.41) is 2.99. The molecule has 2 atom stereocenters. The molecule has 0 unspecified atom stereocenters. The molecule has 0 aromatic carbocycles. The van der Waals surface area contributed by atoms with E-state index in [0.29, 0.717) is 19.5 Å². The number of rotatable bonds is 5. The number of amides is 2. The van der Waals surface area contributed by atoms with Crippen molar-refractivity contribution in [3.8, 4) is 5.75 Å². The highest BCUT2D eigenvalue weighted by molar-refractivity contribution is 5.84. The summed E-state index contributed by atoms with van der Waals surface area (Å²) >= 11 is 0. The van der Waals surface area contributed by atoms with Crippen molar-refractivity contribution in [2.75, 3.05) is 6.54 Å². The van der Waals surface area contributed by atoms with Crippen LogP contribution in [-0.2, 0) is 22.5 Å². The van der Waals surface area contributed by atoms with Crippen LogP contribution in [0.15, 0.2) is 12.3 Å². The Morgan fingerprint density at radius 3 is 2.59 bits per heavy atom. The molecule has 7 heteroatoms. The molecule has 2 heterocycles. The third kappa shape index (κ3) is 5.54. The first-order chi connectivity index (χ1) is 14.9. The summed E-state index contributed by atoms with van der Waals surface area (Å²) in [7, 11) is 0. The minimum absolute atomic E-state index is 0.0546. The van der Waals surface area contributed by atoms with Crippen LogP contribution in [0.3, 0.4) is 0 Å². The van der Waals surface area contributed by atoms with E-state index in [1.807, 2.05) is 45.6 Å². The molecule has 1 N–H and O–H groups in total. The van der Waals surface area contributed by atoms with Crippen LogP contribution in [0, 0.1) is 11.3 Å². The van der Waals surface area contributed by atoms with Gasteiger partial charge in [-0.05, 0) is 71.4 Å². The van der Waals surface area contributed by atoms with Crippen molar-refractivity contribution in [2.24, 2.45) is 11.3 Å². The normalized spacial score (nSPS) is 23.3. The second-order valence-electron chi connectivity index (χ2n) is 10.8. The molecule has 32 heavy (non-hydrogen) atoms. The highest BCUT2D eigenvalue weighted by Gasteiger charge is 2.50. The first-order valence-electron chi connectivity index (χ1n) is 11.8. The van der Waals surface area contributed by atoms with Crippen LogP contribution in [0.4, 0.5) is 4.79 Å². The van der Waals surface area contributed by atoms with Crippen LogP contribution in [0.5, 0.6) is 5.75 Å². The minimum atomic E-state index is -0.541. The van der Waals surface area contributed by atoms with E-state index in [4.69, 9.17) is 9.47 Å². The molecule has 7 nitrogen and oxygen atoms in total. The maximum Gasteiger partial charge on any atom is 0.407 e. The number of nitrogens with zero attached hydrogens (tertiary/aromatic N) is 2. The highest BCUT2D eigenvalue weighted by Crippen LogP contribution is 2.46. The van der Waals surface area contributed by atoms with Gasteiger partial charge in [0.05, 0.1) is 17.7 Å². The first kappa shape index (κ1) is 24.3. The Bertz CT molecular complexity index is 846. The molecule has 1 aliphatic carbocycles. The lowest BCUT2D eigenvalue weighted by Gasteiger charge is -2.39. The molecule has 1 aromatic rings. The minimum Gasteiger partial charge on any atom is -0.489 e. The Morgan fingerprint density at radius 1 is 1.25 bits per heavy atom. The molecule has 0 spiro atoms. The maximum absolute atomic E-state index is 13.8. The predicted octanol–water partition coefficient (Wildman–Crippen LogP) is 4.47. The average molecular weight is 446 g/mol. The van der Waals surface area contributed by atoms with E-state index in [0.717, 1.165) is 36.3 Å². The molecule has 1 aromatic heterocycles. The molecule has 2 amide bonds. The standard InChI is InChI=1S/C25H39N3O4/c1-16(2)25(10-8-19(13-25)27-23(30)32-24(5,6)7)22(29)28-11-9-21-18(15-28)12-20(14-26-21)31-17(3)4/h12,14,16-17,19H,8-11,13,15H2,1-7H3,(H,27,30)/t19-,25+/m1/s1. The summed E-state index contributed by atoms with van der Waals surface area (Å²) in [5.74, 6) is 1.10. The van der Waals surface area contributed by atoms with Gasteiger partial charge in [-0.1, -0.05) is 13.8 Å². The molecule has 0 bridgehead atoms. The zero-order valence-electron chi connectivity index (χ0n) is 20.7. The number of hydrogen-bond acceptors (Lipinski definition) is 5. The van der Waals surface area contributed by atoms with Crippen LogP contribution in [0.25, 0.3) is 0 Å². The van der Waals surface area contributed by atoms with Crippen LogP contribution in [0.1, 0.15) is 79.0 Å². The second-order valence-corrected chi connectivity index (χ2v) is 10.8. The van der Waals surface area contributed by atoms with Crippen molar-refractivity contribution in [1.29, 1.82) is 0 Å². The van der Waals surface area contributed by atoms with Gasteiger partial charge in [0.1, 0.15) is 11.4 Å². The summed E-state index contributed by atoms with van der Waals surface area (Å²) in [5.41, 5.74) is 1.08. The van der Waals surface area contributed by atoms with Crippen molar-refractivity contribution in [3.05, 3.63) is 23.5 Å². The number of carbonyl (C=O) groups is 2. The summed E-state index contributed by atoms with van der Waals surface area (Å²) in [6.45, 7) is 15.0.